The number of hydrogen-bond donors (Lipinski definition) is 1. The van der Waals surface area contributed by atoms with Crippen molar-refractivity contribution >= 4 is 35.0 Å². The number of carbonyl (C=O) groups excluding carboxylic acids is 3. The molecule has 0 spiro atoms. The number of nitrogens with zero attached hydrogens (tertiary/aromatic N) is 4. The number of piperazine rings is 1. The van der Waals surface area contributed by atoms with E-state index in [4.69, 9.17) is 11.6 Å². The fraction of sp³-hybridized carbons (Fsp3) is 0.367. The number of aromatic nitrogens is 1. The van der Waals surface area contributed by atoms with Gasteiger partial charge < -0.3 is 25.0 Å². The highest BCUT2D eigenvalue weighted by molar-refractivity contribution is 6.30. The Hall–Kier alpha value is -3.78. The molecule has 1 fully saturated rings. The van der Waals surface area contributed by atoms with Crippen LogP contribution >= 0.6 is 11.6 Å². The first-order valence-electron chi connectivity index (χ1n) is 13.3. The highest BCUT2D eigenvalue weighted by Crippen LogP contribution is 2.33. The lowest BCUT2D eigenvalue weighted by Crippen LogP contribution is -2.49. The summed E-state index contributed by atoms with van der Waals surface area (Å²) in [6.07, 6.45) is 2.55. The van der Waals surface area contributed by atoms with Crippen LogP contribution in [0.1, 0.15) is 42.6 Å². The minimum absolute atomic E-state index is 0.0369. The summed E-state index contributed by atoms with van der Waals surface area (Å²) in [5.41, 5.74) is 8.96. The van der Waals surface area contributed by atoms with Crippen molar-refractivity contribution in [2.75, 3.05) is 37.6 Å². The van der Waals surface area contributed by atoms with E-state index in [0.717, 1.165) is 36.6 Å². The molecule has 0 saturated carbocycles. The summed E-state index contributed by atoms with van der Waals surface area (Å²) in [6.45, 7) is 7.63. The van der Waals surface area contributed by atoms with Gasteiger partial charge in [0.2, 0.25) is 17.7 Å². The van der Waals surface area contributed by atoms with Crippen LogP contribution < -0.4 is 10.6 Å². The minimum atomic E-state index is -0.333. The normalized spacial score (nSPS) is 16.7. The number of primary amides is 1. The molecule has 0 bridgehead atoms. The summed E-state index contributed by atoms with van der Waals surface area (Å²) in [4.78, 5) is 41.6. The Bertz CT molecular complexity index is 1310. The van der Waals surface area contributed by atoms with Gasteiger partial charge in [-0.15, -0.1) is 0 Å². The molecule has 8 nitrogen and oxygen atoms in total. The number of nitrogens with two attached hydrogens (primary N) is 1. The molecule has 2 N–H and O–H groups in total. The lowest BCUT2D eigenvalue weighted by atomic mass is 9.97. The molecular formula is C30H36ClN5O3. The monoisotopic (exact) mass is 549 g/mol. The van der Waals surface area contributed by atoms with Gasteiger partial charge in [0.05, 0.1) is 6.04 Å². The van der Waals surface area contributed by atoms with E-state index in [1.54, 1.807) is 0 Å². The maximum Gasteiger partial charge on any atom is 0.223 e. The van der Waals surface area contributed by atoms with E-state index >= 15 is 0 Å². The average Bonchev–Trinajstić information content (AvgIpc) is 3.40. The van der Waals surface area contributed by atoms with Crippen LogP contribution in [0.5, 0.6) is 0 Å². The zero-order valence-corrected chi connectivity index (χ0v) is 23.3. The van der Waals surface area contributed by atoms with E-state index in [1.165, 1.54) is 12.5 Å². The van der Waals surface area contributed by atoms with Gasteiger partial charge in [0.1, 0.15) is 0 Å². The quantitative estimate of drug-likeness (QED) is 0.520. The second-order valence-corrected chi connectivity index (χ2v) is 10.4. The standard InChI is InChI=1S/C28H31ClN4O2.C2H5NO/c1-21-5-2-6-22(19-21)28-25-9-4-12-31(25)17-18-33(28)27(35)11-10-26(34)32-15-13-30(14-16-32)24-8-3-7-23(29)20-24;1-2(3)4/h2-9,12,19-20,28H,10-11,13-18H2,1H3;1H3,(H2,3,4). The van der Waals surface area contributed by atoms with E-state index in [-0.39, 0.29) is 36.6 Å². The largest absolute Gasteiger partial charge is 0.370 e. The number of carbonyl (C=O) groups is 3. The number of hydrogen-bond acceptors (Lipinski definition) is 4. The lowest BCUT2D eigenvalue weighted by Gasteiger charge is -2.38. The molecule has 3 aromatic rings. The number of amides is 3. The van der Waals surface area contributed by atoms with E-state index in [9.17, 15) is 14.4 Å². The zero-order valence-electron chi connectivity index (χ0n) is 22.6. The number of anilines is 1. The number of fused-ring (bicyclic) bond motifs is 1. The molecule has 1 unspecified atom stereocenters. The second-order valence-electron chi connectivity index (χ2n) is 9.99. The molecule has 1 atom stereocenters. The molecule has 3 amide bonds. The van der Waals surface area contributed by atoms with Crippen molar-refractivity contribution in [3.63, 3.8) is 0 Å². The van der Waals surface area contributed by atoms with Crippen LogP contribution in [0, 0.1) is 6.92 Å². The molecule has 2 aromatic carbocycles. The van der Waals surface area contributed by atoms with Gasteiger partial charge in [-0.1, -0.05) is 47.5 Å². The first kappa shape index (κ1) is 28.2. The fourth-order valence-electron chi connectivity index (χ4n) is 5.25. The van der Waals surface area contributed by atoms with Gasteiger partial charge in [-0.05, 0) is 42.8 Å². The SMILES string of the molecule is CC(N)=O.Cc1cccc(C2c3cccn3CCN2C(=O)CCC(=O)N2CCN(c3cccc(Cl)c3)CC2)c1. The van der Waals surface area contributed by atoms with E-state index in [0.29, 0.717) is 24.7 Å². The molecule has 39 heavy (non-hydrogen) atoms. The van der Waals surface area contributed by atoms with Gasteiger partial charge in [0, 0.05) is 81.6 Å². The van der Waals surface area contributed by atoms with E-state index in [1.807, 2.05) is 46.2 Å². The molecular weight excluding hydrogens is 514 g/mol. The van der Waals surface area contributed by atoms with E-state index < -0.39 is 0 Å². The van der Waals surface area contributed by atoms with Gasteiger partial charge in [0.15, 0.2) is 0 Å². The predicted molar refractivity (Wildman–Crippen MR) is 154 cm³/mol. The Morgan fingerprint density at radius 2 is 1.56 bits per heavy atom. The number of rotatable bonds is 5. The van der Waals surface area contributed by atoms with Crippen LogP contribution in [-0.4, -0.2) is 64.8 Å². The van der Waals surface area contributed by atoms with Crippen LogP contribution in [0.2, 0.25) is 5.02 Å². The van der Waals surface area contributed by atoms with Crippen molar-refractivity contribution in [2.45, 2.75) is 39.3 Å². The van der Waals surface area contributed by atoms with Crippen molar-refractivity contribution in [1.82, 2.24) is 14.4 Å². The Kier molecular flexibility index (Phi) is 9.30. The van der Waals surface area contributed by atoms with Crippen molar-refractivity contribution in [2.24, 2.45) is 5.73 Å². The van der Waals surface area contributed by atoms with Crippen LogP contribution in [0.25, 0.3) is 0 Å². The predicted octanol–water partition coefficient (Wildman–Crippen LogP) is 4.00. The average molecular weight is 550 g/mol. The van der Waals surface area contributed by atoms with Gasteiger partial charge in [-0.2, -0.15) is 0 Å². The second kappa shape index (κ2) is 12.8. The smallest absolute Gasteiger partial charge is 0.223 e. The summed E-state index contributed by atoms with van der Waals surface area (Å²) in [7, 11) is 0. The molecule has 206 valence electrons. The Morgan fingerprint density at radius 3 is 2.26 bits per heavy atom. The van der Waals surface area contributed by atoms with Crippen molar-refractivity contribution in [3.8, 4) is 0 Å². The molecule has 0 radical (unpaired) electrons. The molecule has 2 aliphatic heterocycles. The van der Waals surface area contributed by atoms with Gasteiger partial charge in [-0.25, -0.2) is 0 Å². The Morgan fingerprint density at radius 1 is 0.872 bits per heavy atom. The van der Waals surface area contributed by atoms with Crippen LogP contribution in [0.15, 0.2) is 66.9 Å². The molecule has 9 heteroatoms. The van der Waals surface area contributed by atoms with E-state index in [2.05, 4.69) is 52.6 Å². The molecule has 3 heterocycles. The van der Waals surface area contributed by atoms with Crippen molar-refractivity contribution in [3.05, 3.63) is 88.7 Å². The Balaban J connectivity index is 0.000000826. The molecule has 2 aliphatic rings. The van der Waals surface area contributed by atoms with Gasteiger partial charge in [-0.3, -0.25) is 14.4 Å². The topological polar surface area (TPSA) is 91.9 Å². The number of halogens is 1. The summed E-state index contributed by atoms with van der Waals surface area (Å²) >= 11 is 6.13. The molecule has 1 aromatic heterocycles. The van der Waals surface area contributed by atoms with Crippen LogP contribution in [-0.2, 0) is 20.9 Å². The fourth-order valence-corrected chi connectivity index (χ4v) is 5.43. The maximum atomic E-state index is 13.4. The van der Waals surface area contributed by atoms with Crippen molar-refractivity contribution in [1.29, 1.82) is 0 Å². The molecule has 5 rings (SSSR count). The zero-order chi connectivity index (χ0) is 27.9. The number of aryl methyl sites for hydroxylation is 1. The summed E-state index contributed by atoms with van der Waals surface area (Å²) in [5, 5.41) is 0.716. The van der Waals surface area contributed by atoms with Gasteiger partial charge >= 0.3 is 0 Å². The maximum absolute atomic E-state index is 13.4. The number of benzene rings is 2. The third-order valence-electron chi connectivity index (χ3n) is 7.07. The third kappa shape index (κ3) is 7.20. The highest BCUT2D eigenvalue weighted by atomic mass is 35.5. The molecule has 1 saturated heterocycles. The Labute approximate surface area is 234 Å². The minimum Gasteiger partial charge on any atom is -0.370 e. The summed E-state index contributed by atoms with van der Waals surface area (Å²) in [6, 6.07) is 20.2. The summed E-state index contributed by atoms with van der Waals surface area (Å²) < 4.78 is 2.22. The van der Waals surface area contributed by atoms with Crippen molar-refractivity contribution < 1.29 is 14.4 Å². The lowest BCUT2D eigenvalue weighted by molar-refractivity contribution is -0.138. The highest BCUT2D eigenvalue weighted by Gasteiger charge is 2.32. The van der Waals surface area contributed by atoms with Gasteiger partial charge in [0.25, 0.3) is 0 Å². The molecule has 0 aliphatic carbocycles. The summed E-state index contributed by atoms with van der Waals surface area (Å²) in [5.74, 6) is -0.244. The first-order valence-corrected chi connectivity index (χ1v) is 13.7. The first-order chi connectivity index (χ1) is 18.7. The third-order valence-corrected chi connectivity index (χ3v) is 7.31. The van der Waals surface area contributed by atoms with Crippen LogP contribution in [0.3, 0.4) is 0 Å². The van der Waals surface area contributed by atoms with Crippen LogP contribution in [0.4, 0.5) is 5.69 Å².